The highest BCUT2D eigenvalue weighted by molar-refractivity contribution is 5.85. The van der Waals surface area contributed by atoms with Crippen molar-refractivity contribution in [2.75, 3.05) is 33.9 Å². The molecule has 6 nitrogen and oxygen atoms in total. The molecule has 2 atom stereocenters. The fourth-order valence-electron chi connectivity index (χ4n) is 3.71. The maximum absolute atomic E-state index is 12.9. The van der Waals surface area contributed by atoms with Gasteiger partial charge in [-0.25, -0.2) is 0 Å². The Balaban J connectivity index is 1.86. The molecule has 1 aromatic rings. The van der Waals surface area contributed by atoms with Crippen LogP contribution in [0.3, 0.4) is 0 Å². The van der Waals surface area contributed by atoms with Crippen LogP contribution in [0.2, 0.25) is 0 Å². The van der Waals surface area contributed by atoms with Gasteiger partial charge in [0.25, 0.3) is 0 Å². The van der Waals surface area contributed by atoms with E-state index in [0.717, 1.165) is 18.4 Å². The van der Waals surface area contributed by atoms with Crippen molar-refractivity contribution >= 4 is 11.8 Å². The number of hydrogen-bond donors (Lipinski definition) is 1. The molecule has 0 aromatic heterocycles. The minimum absolute atomic E-state index is 0.0117. The molecule has 3 rings (SSSR count). The van der Waals surface area contributed by atoms with E-state index in [1.807, 2.05) is 23.1 Å². The highest BCUT2D eigenvalue weighted by Crippen LogP contribution is 2.41. The molecule has 1 saturated heterocycles. The number of nitrogens with zero attached hydrogens (tertiary/aromatic N) is 1. The molecule has 0 bridgehead atoms. The summed E-state index contributed by atoms with van der Waals surface area (Å²) >= 11 is 0. The van der Waals surface area contributed by atoms with Gasteiger partial charge in [0.2, 0.25) is 11.8 Å². The molecule has 2 fully saturated rings. The predicted molar refractivity (Wildman–Crippen MR) is 103 cm³/mol. The third-order valence-electron chi connectivity index (χ3n) is 5.42. The summed E-state index contributed by atoms with van der Waals surface area (Å²) in [4.78, 5) is 27.4. The van der Waals surface area contributed by atoms with Crippen LogP contribution >= 0.6 is 0 Å². The van der Waals surface area contributed by atoms with Crippen molar-refractivity contribution in [1.82, 2.24) is 10.2 Å². The summed E-state index contributed by atoms with van der Waals surface area (Å²) in [5.41, 5.74) is 0.953. The number of ether oxygens (including phenoxy) is 2. The Hall–Kier alpha value is -2.24. The van der Waals surface area contributed by atoms with Crippen LogP contribution in [0.5, 0.6) is 11.5 Å². The number of benzene rings is 1. The zero-order chi connectivity index (χ0) is 19.6. The molecule has 0 unspecified atom stereocenters. The van der Waals surface area contributed by atoms with Gasteiger partial charge in [-0.1, -0.05) is 19.9 Å². The van der Waals surface area contributed by atoms with Gasteiger partial charge < -0.3 is 19.7 Å². The van der Waals surface area contributed by atoms with Crippen molar-refractivity contribution in [3.63, 3.8) is 0 Å². The summed E-state index contributed by atoms with van der Waals surface area (Å²) < 4.78 is 10.9. The van der Waals surface area contributed by atoms with Crippen LogP contribution in [0.25, 0.3) is 0 Å². The van der Waals surface area contributed by atoms with Gasteiger partial charge in [-0.05, 0) is 24.8 Å². The average Bonchev–Trinajstić information content (AvgIpc) is 3.43. The normalized spacial score (nSPS) is 22.0. The standard InChI is InChI=1S/C21H30N2O4/c1-13(2)10-22-20(24)18-12-23(21(25)14-5-6-14)11-17(18)16-8-7-15(26-3)9-19(16)27-4/h7-9,13-14,17-18H,5-6,10-12H2,1-4H3,(H,22,24)/t17-,18+/m1/s1. The van der Waals surface area contributed by atoms with Crippen LogP contribution in [0.15, 0.2) is 18.2 Å². The van der Waals surface area contributed by atoms with Crippen LogP contribution in [0, 0.1) is 17.8 Å². The number of rotatable bonds is 7. The lowest BCUT2D eigenvalue weighted by Gasteiger charge is -2.21. The first kappa shape index (κ1) is 19.5. The lowest BCUT2D eigenvalue weighted by Crippen LogP contribution is -2.37. The molecule has 27 heavy (non-hydrogen) atoms. The summed E-state index contributed by atoms with van der Waals surface area (Å²) in [6.45, 7) is 5.80. The smallest absolute Gasteiger partial charge is 0.225 e. The van der Waals surface area contributed by atoms with Gasteiger partial charge in [0.05, 0.1) is 20.1 Å². The van der Waals surface area contributed by atoms with Crippen molar-refractivity contribution in [2.45, 2.75) is 32.6 Å². The molecule has 6 heteroatoms. The third-order valence-corrected chi connectivity index (χ3v) is 5.42. The van der Waals surface area contributed by atoms with Gasteiger partial charge in [-0.2, -0.15) is 0 Å². The van der Waals surface area contributed by atoms with Crippen LogP contribution in [0.1, 0.15) is 38.2 Å². The molecule has 1 heterocycles. The number of methoxy groups -OCH3 is 2. The lowest BCUT2D eigenvalue weighted by atomic mass is 9.87. The summed E-state index contributed by atoms with van der Waals surface area (Å²) in [5, 5.41) is 3.05. The van der Waals surface area contributed by atoms with Crippen molar-refractivity contribution < 1.29 is 19.1 Å². The average molecular weight is 374 g/mol. The molecule has 0 radical (unpaired) electrons. The predicted octanol–water partition coefficient (Wildman–Crippen LogP) is 2.43. The first-order chi connectivity index (χ1) is 12.9. The second kappa shape index (κ2) is 8.19. The van der Waals surface area contributed by atoms with Crippen molar-refractivity contribution in [2.24, 2.45) is 17.8 Å². The topological polar surface area (TPSA) is 67.9 Å². The van der Waals surface area contributed by atoms with E-state index in [1.165, 1.54) is 0 Å². The first-order valence-electron chi connectivity index (χ1n) is 9.73. The molecular formula is C21H30N2O4. The molecule has 1 saturated carbocycles. The zero-order valence-corrected chi connectivity index (χ0v) is 16.7. The zero-order valence-electron chi connectivity index (χ0n) is 16.7. The SMILES string of the molecule is COc1ccc([C@H]2CN(C(=O)C3CC3)C[C@@H]2C(=O)NCC(C)C)c(OC)c1. The minimum Gasteiger partial charge on any atom is -0.497 e. The van der Waals surface area contributed by atoms with E-state index in [4.69, 9.17) is 9.47 Å². The van der Waals surface area contributed by atoms with E-state index in [0.29, 0.717) is 37.1 Å². The van der Waals surface area contributed by atoms with Crippen LogP contribution in [0.4, 0.5) is 0 Å². The van der Waals surface area contributed by atoms with Gasteiger partial charge in [-0.3, -0.25) is 9.59 Å². The Morgan fingerprint density at radius 1 is 1.19 bits per heavy atom. The third kappa shape index (κ3) is 4.37. The highest BCUT2D eigenvalue weighted by Gasteiger charge is 2.44. The Kier molecular flexibility index (Phi) is 5.92. The van der Waals surface area contributed by atoms with Gasteiger partial charge in [-0.15, -0.1) is 0 Å². The molecular weight excluding hydrogens is 344 g/mol. The fraction of sp³-hybridized carbons (Fsp3) is 0.619. The van der Waals surface area contributed by atoms with E-state index in [-0.39, 0.29) is 29.6 Å². The number of nitrogens with one attached hydrogen (secondary N) is 1. The Labute approximate surface area is 161 Å². The molecule has 2 aliphatic rings. The summed E-state index contributed by atoms with van der Waals surface area (Å²) in [5.74, 6) is 1.79. The summed E-state index contributed by atoms with van der Waals surface area (Å²) in [6.07, 6.45) is 1.94. The van der Waals surface area contributed by atoms with Gasteiger partial charge >= 0.3 is 0 Å². The number of hydrogen-bond acceptors (Lipinski definition) is 4. The fourth-order valence-corrected chi connectivity index (χ4v) is 3.71. The largest absolute Gasteiger partial charge is 0.497 e. The highest BCUT2D eigenvalue weighted by atomic mass is 16.5. The molecule has 1 aliphatic carbocycles. The van der Waals surface area contributed by atoms with E-state index < -0.39 is 0 Å². The lowest BCUT2D eigenvalue weighted by molar-refractivity contribution is -0.132. The van der Waals surface area contributed by atoms with Crippen molar-refractivity contribution in [1.29, 1.82) is 0 Å². The van der Waals surface area contributed by atoms with E-state index >= 15 is 0 Å². The molecule has 1 aliphatic heterocycles. The summed E-state index contributed by atoms with van der Waals surface area (Å²) in [6, 6.07) is 5.67. The Morgan fingerprint density at radius 2 is 1.93 bits per heavy atom. The number of carbonyl (C=O) groups excluding carboxylic acids is 2. The monoisotopic (exact) mass is 374 g/mol. The molecule has 148 valence electrons. The minimum atomic E-state index is -0.270. The quantitative estimate of drug-likeness (QED) is 0.796. The molecule has 0 spiro atoms. The number of carbonyl (C=O) groups is 2. The van der Waals surface area contributed by atoms with Gasteiger partial charge in [0.15, 0.2) is 0 Å². The van der Waals surface area contributed by atoms with Crippen LogP contribution in [-0.2, 0) is 9.59 Å². The second-order valence-electron chi connectivity index (χ2n) is 7.98. The van der Waals surface area contributed by atoms with E-state index in [9.17, 15) is 9.59 Å². The van der Waals surface area contributed by atoms with Crippen LogP contribution < -0.4 is 14.8 Å². The van der Waals surface area contributed by atoms with Crippen molar-refractivity contribution in [3.05, 3.63) is 23.8 Å². The van der Waals surface area contributed by atoms with Gasteiger partial charge in [0, 0.05) is 43.1 Å². The molecule has 1 aromatic carbocycles. The van der Waals surface area contributed by atoms with Gasteiger partial charge in [0.1, 0.15) is 11.5 Å². The van der Waals surface area contributed by atoms with Crippen molar-refractivity contribution in [3.8, 4) is 11.5 Å². The molecule has 2 amide bonds. The van der Waals surface area contributed by atoms with E-state index in [1.54, 1.807) is 14.2 Å². The van der Waals surface area contributed by atoms with E-state index in [2.05, 4.69) is 19.2 Å². The number of likely N-dealkylation sites (tertiary alicyclic amines) is 1. The summed E-state index contributed by atoms with van der Waals surface area (Å²) in [7, 11) is 3.23. The maximum atomic E-state index is 12.9. The van der Waals surface area contributed by atoms with Crippen LogP contribution in [-0.4, -0.2) is 50.6 Å². The Morgan fingerprint density at radius 3 is 2.52 bits per heavy atom. The molecule has 1 N–H and O–H groups in total. The second-order valence-corrected chi connectivity index (χ2v) is 7.98. The maximum Gasteiger partial charge on any atom is 0.225 e. The Bertz CT molecular complexity index is 699. The first-order valence-corrected chi connectivity index (χ1v) is 9.73. The number of amides is 2.